The van der Waals surface area contributed by atoms with E-state index in [9.17, 15) is 9.59 Å². The summed E-state index contributed by atoms with van der Waals surface area (Å²) >= 11 is 6.15. The zero-order valence-corrected chi connectivity index (χ0v) is 16.7. The zero-order valence-electron chi connectivity index (χ0n) is 15.9. The van der Waals surface area contributed by atoms with Gasteiger partial charge in [0.1, 0.15) is 5.75 Å². The number of amides is 2. The minimum atomic E-state index is -0.175. The molecule has 0 fully saturated rings. The number of nitrogens with one attached hydrogen (secondary N) is 1. The van der Waals surface area contributed by atoms with Gasteiger partial charge in [-0.1, -0.05) is 23.7 Å². The lowest BCUT2D eigenvalue weighted by molar-refractivity contribution is -0.116. The molecule has 0 saturated heterocycles. The van der Waals surface area contributed by atoms with Crippen molar-refractivity contribution in [3.8, 4) is 5.75 Å². The van der Waals surface area contributed by atoms with Crippen LogP contribution < -0.4 is 10.1 Å². The Morgan fingerprint density at radius 3 is 2.56 bits per heavy atom. The van der Waals surface area contributed by atoms with Crippen LogP contribution >= 0.6 is 11.6 Å². The van der Waals surface area contributed by atoms with Crippen molar-refractivity contribution < 1.29 is 14.3 Å². The average molecular weight is 389 g/mol. The number of carbonyl (C=O) groups is 2. The number of halogens is 1. The lowest BCUT2D eigenvalue weighted by Crippen LogP contribution is -2.22. The molecule has 1 N–H and O–H groups in total. The summed E-state index contributed by atoms with van der Waals surface area (Å²) in [5.74, 6) is 0.584. The Kier molecular flexibility index (Phi) is 7.67. The minimum absolute atomic E-state index is 0.0895. The SMILES string of the molecule is Cc1cccc(OCCCCC(=O)Nc2ccc(C(=O)N(C)C)c(Cl)c2)c1. The molecule has 144 valence electrons. The van der Waals surface area contributed by atoms with Crippen molar-refractivity contribution in [2.75, 3.05) is 26.0 Å². The van der Waals surface area contributed by atoms with E-state index < -0.39 is 0 Å². The third-order valence-electron chi connectivity index (χ3n) is 3.95. The molecule has 2 aromatic rings. The molecule has 0 unspecified atom stereocenters. The van der Waals surface area contributed by atoms with E-state index >= 15 is 0 Å². The minimum Gasteiger partial charge on any atom is -0.494 e. The number of carbonyl (C=O) groups excluding carboxylic acids is 2. The second kappa shape index (κ2) is 9.97. The van der Waals surface area contributed by atoms with Crippen LogP contribution in [0.2, 0.25) is 5.02 Å². The summed E-state index contributed by atoms with van der Waals surface area (Å²) in [4.78, 5) is 25.5. The maximum absolute atomic E-state index is 12.1. The molecule has 0 aromatic heterocycles. The summed E-state index contributed by atoms with van der Waals surface area (Å²) in [6, 6.07) is 12.8. The molecule has 0 spiro atoms. The second-order valence-electron chi connectivity index (χ2n) is 6.56. The van der Waals surface area contributed by atoms with Crippen molar-refractivity contribution in [2.45, 2.75) is 26.2 Å². The first-order valence-corrected chi connectivity index (χ1v) is 9.25. The third kappa shape index (κ3) is 6.61. The lowest BCUT2D eigenvalue weighted by Gasteiger charge is -2.13. The van der Waals surface area contributed by atoms with Crippen LogP contribution in [0, 0.1) is 6.92 Å². The van der Waals surface area contributed by atoms with Gasteiger partial charge in [-0.25, -0.2) is 0 Å². The number of hydrogen-bond donors (Lipinski definition) is 1. The van der Waals surface area contributed by atoms with Crippen LogP contribution in [-0.2, 0) is 4.79 Å². The van der Waals surface area contributed by atoms with Crippen LogP contribution in [0.15, 0.2) is 42.5 Å². The predicted molar refractivity (Wildman–Crippen MR) is 109 cm³/mol. The highest BCUT2D eigenvalue weighted by atomic mass is 35.5. The topological polar surface area (TPSA) is 58.6 Å². The quantitative estimate of drug-likeness (QED) is 0.675. The van der Waals surface area contributed by atoms with Gasteiger partial charge in [0.2, 0.25) is 5.91 Å². The van der Waals surface area contributed by atoms with E-state index in [-0.39, 0.29) is 11.8 Å². The van der Waals surface area contributed by atoms with Crippen molar-refractivity contribution >= 4 is 29.1 Å². The van der Waals surface area contributed by atoms with Gasteiger partial charge < -0.3 is 15.0 Å². The molecule has 2 aromatic carbocycles. The van der Waals surface area contributed by atoms with E-state index in [1.165, 1.54) is 4.90 Å². The van der Waals surface area contributed by atoms with Crippen molar-refractivity contribution in [1.82, 2.24) is 4.90 Å². The Bertz CT molecular complexity index is 806. The largest absolute Gasteiger partial charge is 0.494 e. The van der Waals surface area contributed by atoms with Gasteiger partial charge in [0.15, 0.2) is 0 Å². The molecule has 0 heterocycles. The van der Waals surface area contributed by atoms with Gasteiger partial charge in [0, 0.05) is 26.2 Å². The number of anilines is 1. The summed E-state index contributed by atoms with van der Waals surface area (Å²) in [6.45, 7) is 2.59. The van der Waals surface area contributed by atoms with Crippen LogP contribution in [0.1, 0.15) is 35.2 Å². The predicted octanol–water partition coefficient (Wildman–Crippen LogP) is 4.54. The van der Waals surface area contributed by atoms with Crippen molar-refractivity contribution in [2.24, 2.45) is 0 Å². The Morgan fingerprint density at radius 1 is 1.11 bits per heavy atom. The number of unbranched alkanes of at least 4 members (excludes halogenated alkanes) is 1. The Balaban J connectivity index is 1.74. The summed E-state index contributed by atoms with van der Waals surface area (Å²) < 4.78 is 5.67. The number of rotatable bonds is 8. The number of aryl methyl sites for hydroxylation is 1. The van der Waals surface area contributed by atoms with Crippen LogP contribution in [0.4, 0.5) is 5.69 Å². The monoisotopic (exact) mass is 388 g/mol. The maximum Gasteiger partial charge on any atom is 0.254 e. The van der Waals surface area contributed by atoms with Crippen LogP contribution in [0.5, 0.6) is 5.75 Å². The Labute approximate surface area is 165 Å². The second-order valence-corrected chi connectivity index (χ2v) is 6.97. The van der Waals surface area contributed by atoms with Crippen LogP contribution in [-0.4, -0.2) is 37.4 Å². The van der Waals surface area contributed by atoms with E-state index in [1.54, 1.807) is 32.3 Å². The molecule has 0 aliphatic rings. The maximum atomic E-state index is 12.1. The Hall–Kier alpha value is -2.53. The number of ether oxygens (including phenoxy) is 1. The van der Waals surface area contributed by atoms with Gasteiger partial charge in [-0.2, -0.15) is 0 Å². The normalized spacial score (nSPS) is 10.4. The highest BCUT2D eigenvalue weighted by Crippen LogP contribution is 2.22. The van der Waals surface area contributed by atoms with Gasteiger partial charge in [-0.3, -0.25) is 9.59 Å². The van der Waals surface area contributed by atoms with Gasteiger partial charge in [-0.15, -0.1) is 0 Å². The van der Waals surface area contributed by atoms with E-state index in [0.29, 0.717) is 29.3 Å². The summed E-state index contributed by atoms with van der Waals surface area (Å²) in [7, 11) is 3.33. The highest BCUT2D eigenvalue weighted by molar-refractivity contribution is 6.34. The third-order valence-corrected chi connectivity index (χ3v) is 4.26. The molecule has 2 amide bonds. The van der Waals surface area contributed by atoms with Gasteiger partial charge in [-0.05, 0) is 55.7 Å². The van der Waals surface area contributed by atoms with Crippen LogP contribution in [0.3, 0.4) is 0 Å². The van der Waals surface area contributed by atoms with Crippen molar-refractivity contribution in [3.05, 3.63) is 58.6 Å². The van der Waals surface area contributed by atoms with E-state index in [1.807, 2.05) is 31.2 Å². The molecule has 0 aliphatic heterocycles. The number of nitrogens with zero attached hydrogens (tertiary/aromatic N) is 1. The highest BCUT2D eigenvalue weighted by Gasteiger charge is 2.13. The van der Waals surface area contributed by atoms with E-state index in [2.05, 4.69) is 5.32 Å². The summed E-state index contributed by atoms with van der Waals surface area (Å²) in [5.41, 5.74) is 2.15. The van der Waals surface area contributed by atoms with Crippen molar-refractivity contribution in [1.29, 1.82) is 0 Å². The summed E-state index contributed by atoms with van der Waals surface area (Å²) in [6.07, 6.45) is 1.91. The van der Waals surface area contributed by atoms with E-state index in [4.69, 9.17) is 16.3 Å². The van der Waals surface area contributed by atoms with Crippen molar-refractivity contribution in [3.63, 3.8) is 0 Å². The first kappa shape index (κ1) is 20.8. The molecule has 0 saturated carbocycles. The van der Waals surface area contributed by atoms with Gasteiger partial charge in [0.25, 0.3) is 5.91 Å². The number of hydrogen-bond acceptors (Lipinski definition) is 3. The smallest absolute Gasteiger partial charge is 0.254 e. The fourth-order valence-corrected chi connectivity index (χ4v) is 2.77. The summed E-state index contributed by atoms with van der Waals surface area (Å²) in [5, 5.41) is 3.12. The Morgan fingerprint density at radius 2 is 1.89 bits per heavy atom. The first-order chi connectivity index (χ1) is 12.9. The number of benzene rings is 2. The molecular formula is C21H25ClN2O3. The lowest BCUT2D eigenvalue weighted by atomic mass is 10.1. The molecule has 0 radical (unpaired) electrons. The first-order valence-electron chi connectivity index (χ1n) is 8.87. The van der Waals surface area contributed by atoms with Gasteiger partial charge >= 0.3 is 0 Å². The fourth-order valence-electron chi connectivity index (χ4n) is 2.51. The fraction of sp³-hybridized carbons (Fsp3) is 0.333. The van der Waals surface area contributed by atoms with Crippen LogP contribution in [0.25, 0.3) is 0 Å². The average Bonchev–Trinajstić information content (AvgIpc) is 2.61. The zero-order chi connectivity index (χ0) is 19.8. The molecule has 0 atom stereocenters. The molecular weight excluding hydrogens is 364 g/mol. The molecule has 5 nitrogen and oxygen atoms in total. The molecule has 0 bridgehead atoms. The molecule has 2 rings (SSSR count). The standard InChI is InChI=1S/C21H25ClN2O3/c1-15-7-6-8-17(13-15)27-12-5-4-9-20(25)23-16-10-11-18(19(22)14-16)21(26)24(2)3/h6-8,10-11,13-14H,4-5,9,12H2,1-3H3,(H,23,25). The van der Waals surface area contributed by atoms with E-state index in [0.717, 1.165) is 24.2 Å². The van der Waals surface area contributed by atoms with Gasteiger partial charge in [0.05, 0.1) is 17.2 Å². The molecule has 27 heavy (non-hydrogen) atoms. The molecule has 6 heteroatoms. The molecule has 0 aliphatic carbocycles.